The fraction of sp³-hybridized carbons (Fsp3) is 0.273. The second-order valence-corrected chi connectivity index (χ2v) is 3.60. The van der Waals surface area contributed by atoms with Gasteiger partial charge in [0, 0.05) is 6.20 Å². The van der Waals surface area contributed by atoms with Gasteiger partial charge < -0.3 is 4.74 Å². The summed E-state index contributed by atoms with van der Waals surface area (Å²) in [7, 11) is 0. The number of rotatable bonds is 6. The second-order valence-electron chi connectivity index (χ2n) is 3.60. The maximum absolute atomic E-state index is 11.6. The molecule has 0 aromatic carbocycles. The number of hydrogen-bond acceptors (Lipinski definition) is 7. The third-order valence-corrected chi connectivity index (χ3v) is 2.20. The van der Waals surface area contributed by atoms with Crippen LogP contribution in [0, 0.1) is 0 Å². The van der Waals surface area contributed by atoms with E-state index >= 15 is 0 Å². The molecule has 1 amide bonds. The van der Waals surface area contributed by atoms with Crippen molar-refractivity contribution in [3.05, 3.63) is 30.2 Å². The number of pyridine rings is 1. The number of hydrogen-bond donors (Lipinski definition) is 1. The quantitative estimate of drug-likeness (QED) is 0.440. The van der Waals surface area contributed by atoms with Crippen LogP contribution in [0.25, 0.3) is 5.82 Å². The lowest BCUT2D eigenvalue weighted by Crippen LogP contribution is -2.22. The van der Waals surface area contributed by atoms with E-state index in [2.05, 4.69) is 31.0 Å². The number of ether oxygens (including phenoxy) is 1. The van der Waals surface area contributed by atoms with Crippen LogP contribution >= 0.6 is 0 Å². The van der Waals surface area contributed by atoms with Gasteiger partial charge in [0.15, 0.2) is 18.0 Å². The molecule has 2 rings (SSSR count). The van der Waals surface area contributed by atoms with E-state index in [0.29, 0.717) is 18.2 Å². The maximum atomic E-state index is 11.6. The lowest BCUT2D eigenvalue weighted by atomic mass is 10.4. The molecule has 2 aromatic heterocycles. The number of amides is 1. The number of aromatic nitrogens is 5. The summed E-state index contributed by atoms with van der Waals surface area (Å²) in [5.74, 6) is 0.555. The minimum absolute atomic E-state index is 0.0208. The molecule has 0 fully saturated rings. The van der Waals surface area contributed by atoms with Gasteiger partial charge >= 0.3 is 0 Å². The normalized spacial score (nSPS) is 10.7. The zero-order chi connectivity index (χ0) is 14.2. The molecule has 0 spiro atoms. The molecule has 2 heterocycles. The number of nitrogens with zero attached hydrogens (tertiary/aromatic N) is 6. The standard InChI is InChI=1S/C11H13N7O2/c1-2-20-8-13-15-11(19)7-10-14-16-17-18(10)9-5-3-4-6-12-9/h3-6,8H,2,7H2,1H3,(H,15,19)/b13-8-. The van der Waals surface area contributed by atoms with E-state index in [1.807, 2.05) is 6.92 Å². The molecule has 0 saturated carbocycles. The average molecular weight is 275 g/mol. The smallest absolute Gasteiger partial charge is 0.247 e. The van der Waals surface area contributed by atoms with Crippen LogP contribution in [0.5, 0.6) is 0 Å². The van der Waals surface area contributed by atoms with Crippen molar-refractivity contribution >= 4 is 12.3 Å². The highest BCUT2D eigenvalue weighted by Crippen LogP contribution is 2.03. The SMILES string of the molecule is CCO/C=N\NC(=O)Cc1nnnn1-c1ccccn1. The van der Waals surface area contributed by atoms with Crippen molar-refractivity contribution in [3.8, 4) is 5.82 Å². The number of nitrogens with one attached hydrogen (secondary N) is 1. The summed E-state index contributed by atoms with van der Waals surface area (Å²) in [5, 5.41) is 14.7. The zero-order valence-corrected chi connectivity index (χ0v) is 10.8. The van der Waals surface area contributed by atoms with E-state index in [9.17, 15) is 4.79 Å². The van der Waals surface area contributed by atoms with Gasteiger partial charge in [0.1, 0.15) is 0 Å². The van der Waals surface area contributed by atoms with Crippen LogP contribution < -0.4 is 5.43 Å². The molecule has 9 heteroatoms. The van der Waals surface area contributed by atoms with E-state index in [4.69, 9.17) is 4.74 Å². The topological polar surface area (TPSA) is 107 Å². The summed E-state index contributed by atoms with van der Waals surface area (Å²) < 4.78 is 6.24. The number of tetrazole rings is 1. The van der Waals surface area contributed by atoms with Crippen molar-refractivity contribution in [1.82, 2.24) is 30.6 Å². The van der Waals surface area contributed by atoms with Crippen LogP contribution in [0.1, 0.15) is 12.7 Å². The largest absolute Gasteiger partial charge is 0.482 e. The molecular formula is C11H13N7O2. The van der Waals surface area contributed by atoms with E-state index < -0.39 is 0 Å². The molecule has 0 atom stereocenters. The summed E-state index contributed by atoms with van der Waals surface area (Å²) in [5.41, 5.74) is 2.31. The first-order valence-corrected chi connectivity index (χ1v) is 5.92. The first-order chi connectivity index (χ1) is 9.81. The molecule has 20 heavy (non-hydrogen) atoms. The third-order valence-electron chi connectivity index (χ3n) is 2.20. The van der Waals surface area contributed by atoms with Crippen molar-refractivity contribution in [1.29, 1.82) is 0 Å². The summed E-state index contributed by atoms with van der Waals surface area (Å²) in [6.07, 6.45) is 2.76. The third kappa shape index (κ3) is 3.57. The molecule has 9 nitrogen and oxygen atoms in total. The fourth-order valence-electron chi connectivity index (χ4n) is 1.37. The van der Waals surface area contributed by atoms with Gasteiger partial charge in [-0.05, 0) is 29.5 Å². The van der Waals surface area contributed by atoms with Crippen molar-refractivity contribution in [2.45, 2.75) is 13.3 Å². The zero-order valence-electron chi connectivity index (χ0n) is 10.8. The first-order valence-electron chi connectivity index (χ1n) is 5.92. The molecule has 0 aliphatic rings. The van der Waals surface area contributed by atoms with Crippen LogP contribution in [-0.2, 0) is 16.0 Å². The van der Waals surface area contributed by atoms with E-state index in [1.165, 1.54) is 11.1 Å². The lowest BCUT2D eigenvalue weighted by Gasteiger charge is -2.02. The average Bonchev–Trinajstić information content (AvgIpc) is 2.92. The van der Waals surface area contributed by atoms with Crippen LogP contribution in [-0.4, -0.2) is 44.1 Å². The van der Waals surface area contributed by atoms with Gasteiger partial charge in [-0.2, -0.15) is 4.68 Å². The fourth-order valence-corrected chi connectivity index (χ4v) is 1.37. The molecule has 0 unspecified atom stereocenters. The van der Waals surface area contributed by atoms with E-state index in [0.717, 1.165) is 0 Å². The molecule has 0 saturated heterocycles. The Morgan fingerprint density at radius 1 is 1.55 bits per heavy atom. The molecule has 104 valence electrons. The first kappa shape index (κ1) is 13.6. The highest BCUT2D eigenvalue weighted by molar-refractivity contribution is 5.78. The number of carbonyl (C=O) groups is 1. The minimum Gasteiger partial charge on any atom is -0.482 e. The van der Waals surface area contributed by atoms with Gasteiger partial charge in [0.05, 0.1) is 13.0 Å². The number of carbonyl (C=O) groups excluding carboxylic acids is 1. The van der Waals surface area contributed by atoms with Crippen molar-refractivity contribution < 1.29 is 9.53 Å². The van der Waals surface area contributed by atoms with Crippen molar-refractivity contribution in [3.63, 3.8) is 0 Å². The lowest BCUT2D eigenvalue weighted by molar-refractivity contribution is -0.120. The van der Waals surface area contributed by atoms with Crippen LogP contribution in [0.15, 0.2) is 29.5 Å². The Labute approximate surface area is 114 Å². The molecular weight excluding hydrogens is 262 g/mol. The monoisotopic (exact) mass is 275 g/mol. The van der Waals surface area contributed by atoms with Crippen molar-refractivity contribution in [2.24, 2.45) is 5.10 Å². The van der Waals surface area contributed by atoms with E-state index in [1.54, 1.807) is 24.4 Å². The Morgan fingerprint density at radius 3 is 3.20 bits per heavy atom. The highest BCUT2D eigenvalue weighted by Gasteiger charge is 2.12. The number of hydrazone groups is 1. The Balaban J connectivity index is 2.01. The molecule has 0 aliphatic carbocycles. The van der Waals surface area contributed by atoms with Gasteiger partial charge in [-0.15, -0.1) is 10.2 Å². The van der Waals surface area contributed by atoms with Crippen LogP contribution in [0.3, 0.4) is 0 Å². The van der Waals surface area contributed by atoms with Crippen LogP contribution in [0.2, 0.25) is 0 Å². The Morgan fingerprint density at radius 2 is 2.45 bits per heavy atom. The predicted octanol–water partition coefficient (Wildman–Crippen LogP) is -0.304. The molecule has 0 aliphatic heterocycles. The minimum atomic E-state index is -0.354. The molecule has 0 bridgehead atoms. The predicted molar refractivity (Wildman–Crippen MR) is 68.9 cm³/mol. The molecule has 2 aromatic rings. The maximum Gasteiger partial charge on any atom is 0.247 e. The van der Waals surface area contributed by atoms with Gasteiger partial charge in [0.25, 0.3) is 0 Å². The summed E-state index contributed by atoms with van der Waals surface area (Å²) in [6.45, 7) is 2.30. The Kier molecular flexibility index (Phi) is 4.70. The summed E-state index contributed by atoms with van der Waals surface area (Å²) in [4.78, 5) is 15.8. The van der Waals surface area contributed by atoms with Gasteiger partial charge in [-0.25, -0.2) is 10.4 Å². The van der Waals surface area contributed by atoms with Crippen molar-refractivity contribution in [2.75, 3.05) is 6.61 Å². The van der Waals surface area contributed by atoms with E-state index in [-0.39, 0.29) is 12.3 Å². The van der Waals surface area contributed by atoms with Gasteiger partial charge in [-0.1, -0.05) is 6.07 Å². The van der Waals surface area contributed by atoms with Gasteiger partial charge in [-0.3, -0.25) is 4.79 Å². The summed E-state index contributed by atoms with van der Waals surface area (Å²) in [6, 6.07) is 5.33. The highest BCUT2D eigenvalue weighted by atomic mass is 16.5. The second kappa shape index (κ2) is 6.92. The molecule has 0 radical (unpaired) electrons. The Hall–Kier alpha value is -2.84. The Bertz CT molecular complexity index is 581. The van der Waals surface area contributed by atoms with Crippen LogP contribution in [0.4, 0.5) is 0 Å². The van der Waals surface area contributed by atoms with Gasteiger partial charge in [0.2, 0.25) is 5.91 Å². The molecule has 1 N–H and O–H groups in total. The summed E-state index contributed by atoms with van der Waals surface area (Å²) >= 11 is 0.